The molecule has 2 aliphatic rings. The van der Waals surface area contributed by atoms with Crippen molar-refractivity contribution < 1.29 is 23.8 Å². The normalized spacial score (nSPS) is 15.9. The highest BCUT2D eigenvalue weighted by molar-refractivity contribution is 6.00. The summed E-state index contributed by atoms with van der Waals surface area (Å²) in [4.78, 5) is 27.6. The number of hydrogen-bond acceptors (Lipinski definition) is 5. The molecule has 4 rings (SSSR count). The minimum absolute atomic E-state index is 0.0133. The SMILES string of the molecule is COc1cc(C(=O)N2CCOc3ccccc3C2)cc(NC(=O)C2CCC2)c1OC. The summed E-state index contributed by atoms with van der Waals surface area (Å²) in [6.45, 7) is 1.33. The summed E-state index contributed by atoms with van der Waals surface area (Å²) in [7, 11) is 3.03. The molecule has 1 saturated carbocycles. The molecule has 0 radical (unpaired) electrons. The fourth-order valence-electron chi connectivity index (χ4n) is 3.77. The Labute approximate surface area is 175 Å². The second-order valence-corrected chi connectivity index (χ2v) is 7.56. The predicted octanol–water partition coefficient (Wildman–Crippen LogP) is 3.48. The molecule has 2 aromatic carbocycles. The number of amides is 2. The molecule has 0 bridgehead atoms. The molecule has 2 aromatic rings. The van der Waals surface area contributed by atoms with Crippen molar-refractivity contribution in [2.75, 3.05) is 32.7 Å². The zero-order chi connectivity index (χ0) is 21.1. The largest absolute Gasteiger partial charge is 0.493 e. The van der Waals surface area contributed by atoms with E-state index in [0.717, 1.165) is 30.6 Å². The van der Waals surface area contributed by atoms with Crippen LogP contribution in [0.25, 0.3) is 0 Å². The number of ether oxygens (including phenoxy) is 3. The molecular formula is C23H26N2O5. The van der Waals surface area contributed by atoms with Gasteiger partial charge in [-0.25, -0.2) is 0 Å². The van der Waals surface area contributed by atoms with E-state index in [4.69, 9.17) is 14.2 Å². The maximum absolute atomic E-state index is 13.3. The number of methoxy groups -OCH3 is 2. The highest BCUT2D eigenvalue weighted by Crippen LogP contribution is 2.38. The average molecular weight is 410 g/mol. The van der Waals surface area contributed by atoms with Crippen LogP contribution in [0.15, 0.2) is 36.4 Å². The summed E-state index contributed by atoms with van der Waals surface area (Å²) in [6, 6.07) is 11.0. The van der Waals surface area contributed by atoms with Crippen LogP contribution in [0.5, 0.6) is 17.2 Å². The van der Waals surface area contributed by atoms with Crippen LogP contribution in [0.4, 0.5) is 5.69 Å². The molecule has 1 fully saturated rings. The van der Waals surface area contributed by atoms with Crippen LogP contribution >= 0.6 is 0 Å². The lowest BCUT2D eigenvalue weighted by atomic mass is 9.85. The van der Waals surface area contributed by atoms with Crippen molar-refractivity contribution in [3.63, 3.8) is 0 Å². The first kappa shape index (κ1) is 20.1. The molecule has 30 heavy (non-hydrogen) atoms. The third-order valence-electron chi connectivity index (χ3n) is 5.70. The molecule has 1 aliphatic heterocycles. The van der Waals surface area contributed by atoms with Crippen molar-refractivity contribution in [1.82, 2.24) is 4.90 Å². The van der Waals surface area contributed by atoms with Crippen LogP contribution in [0.2, 0.25) is 0 Å². The zero-order valence-electron chi connectivity index (χ0n) is 17.3. The summed E-state index contributed by atoms with van der Waals surface area (Å²) in [5.41, 5.74) is 1.84. The van der Waals surface area contributed by atoms with Crippen LogP contribution in [0.3, 0.4) is 0 Å². The van der Waals surface area contributed by atoms with Gasteiger partial charge in [0.1, 0.15) is 12.4 Å². The number of rotatable bonds is 5. The Morgan fingerprint density at radius 2 is 1.93 bits per heavy atom. The number of para-hydroxylation sites is 1. The van der Waals surface area contributed by atoms with Gasteiger partial charge in [0.05, 0.1) is 26.5 Å². The molecule has 1 heterocycles. The minimum atomic E-state index is -0.157. The van der Waals surface area contributed by atoms with Crippen molar-refractivity contribution in [3.8, 4) is 17.2 Å². The Morgan fingerprint density at radius 3 is 2.63 bits per heavy atom. The van der Waals surface area contributed by atoms with Gasteiger partial charge < -0.3 is 24.4 Å². The first-order valence-corrected chi connectivity index (χ1v) is 10.2. The van der Waals surface area contributed by atoms with Gasteiger partial charge in [-0.05, 0) is 31.0 Å². The van der Waals surface area contributed by atoms with Gasteiger partial charge in [-0.15, -0.1) is 0 Å². The second kappa shape index (κ2) is 8.65. The third kappa shape index (κ3) is 3.92. The second-order valence-electron chi connectivity index (χ2n) is 7.56. The molecule has 2 amide bonds. The lowest BCUT2D eigenvalue weighted by Crippen LogP contribution is -2.32. The number of carbonyl (C=O) groups excluding carboxylic acids is 2. The number of fused-ring (bicyclic) bond motifs is 1. The molecule has 0 spiro atoms. The van der Waals surface area contributed by atoms with Crippen molar-refractivity contribution in [2.45, 2.75) is 25.8 Å². The lowest BCUT2D eigenvalue weighted by Gasteiger charge is -2.25. The summed E-state index contributed by atoms with van der Waals surface area (Å²) in [5.74, 6) is 1.41. The van der Waals surface area contributed by atoms with E-state index in [1.54, 1.807) is 17.0 Å². The van der Waals surface area contributed by atoms with Gasteiger partial charge in [0.25, 0.3) is 5.91 Å². The molecule has 0 atom stereocenters. The monoisotopic (exact) mass is 410 g/mol. The molecule has 0 unspecified atom stereocenters. The van der Waals surface area contributed by atoms with E-state index in [2.05, 4.69) is 5.32 Å². The number of benzene rings is 2. The number of nitrogens with zero attached hydrogens (tertiary/aromatic N) is 1. The van der Waals surface area contributed by atoms with Crippen molar-refractivity contribution in [2.24, 2.45) is 5.92 Å². The quantitative estimate of drug-likeness (QED) is 0.817. The van der Waals surface area contributed by atoms with Crippen LogP contribution in [-0.2, 0) is 11.3 Å². The fourth-order valence-corrected chi connectivity index (χ4v) is 3.77. The van der Waals surface area contributed by atoms with E-state index in [0.29, 0.717) is 42.4 Å². The van der Waals surface area contributed by atoms with E-state index in [9.17, 15) is 9.59 Å². The Hall–Kier alpha value is -3.22. The number of anilines is 1. The Morgan fingerprint density at radius 1 is 1.13 bits per heavy atom. The Balaban J connectivity index is 1.63. The van der Waals surface area contributed by atoms with Gasteiger partial charge in [-0.2, -0.15) is 0 Å². The number of carbonyl (C=O) groups is 2. The van der Waals surface area contributed by atoms with Crippen LogP contribution in [0, 0.1) is 5.92 Å². The molecule has 0 saturated heterocycles. The standard InChI is InChI=1S/C23H26N2O5/c1-28-20-13-17(12-18(21(20)29-2)24-22(26)15-7-5-8-15)23(27)25-10-11-30-19-9-4-3-6-16(19)14-25/h3-4,6,9,12-13,15H,5,7-8,10-11,14H2,1-2H3,(H,24,26). The maximum Gasteiger partial charge on any atom is 0.254 e. The maximum atomic E-state index is 13.3. The van der Waals surface area contributed by atoms with Crippen molar-refractivity contribution in [1.29, 1.82) is 0 Å². The van der Waals surface area contributed by atoms with Gasteiger partial charge in [0, 0.05) is 23.6 Å². The molecule has 158 valence electrons. The summed E-state index contributed by atoms with van der Waals surface area (Å²) >= 11 is 0. The summed E-state index contributed by atoms with van der Waals surface area (Å²) < 4.78 is 16.7. The van der Waals surface area contributed by atoms with Gasteiger partial charge >= 0.3 is 0 Å². The van der Waals surface area contributed by atoms with E-state index in [1.165, 1.54) is 14.2 Å². The number of hydrogen-bond donors (Lipinski definition) is 1. The first-order valence-electron chi connectivity index (χ1n) is 10.2. The fraction of sp³-hybridized carbons (Fsp3) is 0.391. The molecule has 7 heteroatoms. The van der Waals surface area contributed by atoms with Gasteiger partial charge in [-0.3, -0.25) is 9.59 Å². The molecule has 1 aliphatic carbocycles. The van der Waals surface area contributed by atoms with E-state index < -0.39 is 0 Å². The van der Waals surface area contributed by atoms with Gasteiger partial charge in [0.15, 0.2) is 11.5 Å². The Bertz CT molecular complexity index is 955. The third-order valence-corrected chi connectivity index (χ3v) is 5.70. The zero-order valence-corrected chi connectivity index (χ0v) is 17.3. The van der Waals surface area contributed by atoms with Crippen molar-refractivity contribution in [3.05, 3.63) is 47.5 Å². The van der Waals surface area contributed by atoms with Gasteiger partial charge in [0.2, 0.25) is 5.91 Å². The van der Waals surface area contributed by atoms with E-state index >= 15 is 0 Å². The minimum Gasteiger partial charge on any atom is -0.493 e. The van der Waals surface area contributed by atoms with E-state index in [-0.39, 0.29) is 17.7 Å². The summed E-state index contributed by atoms with van der Waals surface area (Å²) in [5, 5.41) is 2.92. The number of nitrogens with one attached hydrogen (secondary N) is 1. The predicted molar refractivity (Wildman–Crippen MR) is 112 cm³/mol. The molecule has 7 nitrogen and oxygen atoms in total. The van der Waals surface area contributed by atoms with Gasteiger partial charge in [-0.1, -0.05) is 24.6 Å². The topological polar surface area (TPSA) is 77.1 Å². The van der Waals surface area contributed by atoms with Crippen LogP contribution < -0.4 is 19.5 Å². The van der Waals surface area contributed by atoms with Crippen LogP contribution in [0.1, 0.15) is 35.2 Å². The smallest absolute Gasteiger partial charge is 0.254 e. The molecular weight excluding hydrogens is 384 g/mol. The molecule has 1 N–H and O–H groups in total. The average Bonchev–Trinajstić information content (AvgIpc) is 2.93. The molecule has 0 aromatic heterocycles. The lowest BCUT2D eigenvalue weighted by molar-refractivity contribution is -0.122. The first-order chi connectivity index (χ1) is 14.6. The highest BCUT2D eigenvalue weighted by atomic mass is 16.5. The Kier molecular flexibility index (Phi) is 5.79. The van der Waals surface area contributed by atoms with E-state index in [1.807, 2.05) is 24.3 Å². The summed E-state index contributed by atoms with van der Waals surface area (Å²) in [6.07, 6.45) is 2.84. The highest BCUT2D eigenvalue weighted by Gasteiger charge is 2.28. The van der Waals surface area contributed by atoms with Crippen molar-refractivity contribution >= 4 is 17.5 Å². The van der Waals surface area contributed by atoms with Crippen LogP contribution in [-0.4, -0.2) is 44.1 Å².